The number of alkyl halides is 6. The van der Waals surface area contributed by atoms with Crippen molar-refractivity contribution in [1.29, 1.82) is 0 Å². The van der Waals surface area contributed by atoms with Gasteiger partial charge in [0.25, 0.3) is 0 Å². The normalized spacial score (nSPS) is 19.2. The van der Waals surface area contributed by atoms with Gasteiger partial charge in [-0.05, 0) is 59.1 Å². The van der Waals surface area contributed by atoms with Crippen LogP contribution in [0.5, 0.6) is 5.75 Å². The number of hydrogen-bond acceptors (Lipinski definition) is 3. The highest BCUT2D eigenvalue weighted by atomic mass is 79.9. The average molecular weight is 581 g/mol. The fraction of sp³-hybridized carbons (Fsp3) is 0.400. The molecule has 2 atom stereocenters. The van der Waals surface area contributed by atoms with E-state index in [9.17, 15) is 36.2 Å². The lowest BCUT2D eigenvalue weighted by Gasteiger charge is -2.31. The fourth-order valence-electron chi connectivity index (χ4n) is 3.23. The zero-order valence-corrected chi connectivity index (χ0v) is 20.9. The summed E-state index contributed by atoms with van der Waals surface area (Å²) in [6.07, 6.45) is -8.70. The van der Waals surface area contributed by atoms with E-state index in [0.29, 0.717) is 27.9 Å². The third-order valence-corrected chi connectivity index (χ3v) is 5.81. The summed E-state index contributed by atoms with van der Waals surface area (Å²) < 4.78 is 91.4. The Hall–Kier alpha value is -2.71. The highest BCUT2D eigenvalue weighted by molar-refractivity contribution is 9.10. The molecule has 0 saturated heterocycles. The van der Waals surface area contributed by atoms with E-state index in [-0.39, 0.29) is 25.2 Å². The molecule has 0 amide bonds. The molecule has 0 aliphatic heterocycles. The van der Waals surface area contributed by atoms with E-state index in [0.717, 1.165) is 6.08 Å². The Morgan fingerprint density at radius 3 is 2.53 bits per heavy atom. The van der Waals surface area contributed by atoms with Crippen molar-refractivity contribution in [2.45, 2.75) is 45.1 Å². The van der Waals surface area contributed by atoms with Crippen LogP contribution in [0.2, 0.25) is 0 Å². The molecule has 0 heterocycles. The summed E-state index contributed by atoms with van der Waals surface area (Å²) >= 11 is 3.32. The highest BCUT2D eigenvalue weighted by Gasteiger charge is 2.55. The van der Waals surface area contributed by atoms with Crippen molar-refractivity contribution >= 4 is 21.9 Å². The van der Waals surface area contributed by atoms with E-state index in [1.165, 1.54) is 13.0 Å². The Bertz CT molecular complexity index is 1110. The smallest absolute Gasteiger partial charge is 0.412 e. The summed E-state index contributed by atoms with van der Waals surface area (Å²) in [5, 5.41) is 9.20. The molecule has 0 saturated carbocycles. The standard InChI is InChI=1S/C25H23BrF6O4/c1-3-35-21(22(33)34)14-17-6-7-20(19(26)13-17)36-12-9-16(2)8-11-23(25(30,31)32)10-4-5-18(15-23)24(27,28)29/h4-7,9-10,13,21H,3,12,14-15H2,1-2H3,(H,33,34)/b16-9+/t21-,23?/m0/s1. The molecule has 1 aromatic carbocycles. The molecule has 0 aromatic heterocycles. The van der Waals surface area contributed by atoms with Gasteiger partial charge in [0.1, 0.15) is 17.8 Å². The van der Waals surface area contributed by atoms with E-state index < -0.39 is 41.8 Å². The van der Waals surface area contributed by atoms with Crippen LogP contribution in [0, 0.1) is 17.3 Å². The van der Waals surface area contributed by atoms with E-state index in [1.807, 2.05) is 5.92 Å². The largest absolute Gasteiger partial charge is 0.488 e. The van der Waals surface area contributed by atoms with Crippen molar-refractivity contribution in [2.24, 2.45) is 5.41 Å². The molecule has 0 radical (unpaired) electrons. The summed E-state index contributed by atoms with van der Waals surface area (Å²) in [5.74, 6) is 3.60. The van der Waals surface area contributed by atoms with Gasteiger partial charge in [-0.1, -0.05) is 36.1 Å². The number of ether oxygens (including phenoxy) is 2. The van der Waals surface area contributed by atoms with Crippen LogP contribution in [-0.2, 0) is 16.0 Å². The number of hydrogen-bond donors (Lipinski definition) is 1. The molecule has 1 unspecified atom stereocenters. The molecule has 196 valence electrons. The zero-order valence-electron chi connectivity index (χ0n) is 19.3. The molecule has 0 bridgehead atoms. The summed E-state index contributed by atoms with van der Waals surface area (Å²) in [4.78, 5) is 11.2. The van der Waals surface area contributed by atoms with Crippen molar-refractivity contribution in [2.75, 3.05) is 13.2 Å². The van der Waals surface area contributed by atoms with Crippen LogP contribution in [0.3, 0.4) is 0 Å². The third-order valence-electron chi connectivity index (χ3n) is 5.19. The summed E-state index contributed by atoms with van der Waals surface area (Å²) in [6, 6.07) is 4.91. The van der Waals surface area contributed by atoms with Gasteiger partial charge in [-0.25, -0.2) is 4.79 Å². The molecule has 0 fully saturated rings. The van der Waals surface area contributed by atoms with E-state index in [4.69, 9.17) is 9.47 Å². The second-order valence-corrected chi connectivity index (χ2v) is 8.75. The molecule has 11 heteroatoms. The number of benzene rings is 1. The number of halogens is 7. The SMILES string of the molecule is CCO[C@@H](Cc1ccc(OC/C=C(\C)C#CC2(C(F)(F)F)C=CC=C(C(F)(F)F)C2)c(Br)c1)C(=O)O. The monoisotopic (exact) mass is 580 g/mol. The molecule has 1 N–H and O–H groups in total. The van der Waals surface area contributed by atoms with Gasteiger partial charge in [-0.2, -0.15) is 26.3 Å². The van der Waals surface area contributed by atoms with Gasteiger partial charge in [0.2, 0.25) is 0 Å². The number of allylic oxidation sites excluding steroid dienone is 5. The lowest BCUT2D eigenvalue weighted by molar-refractivity contribution is -0.190. The van der Waals surface area contributed by atoms with Crippen LogP contribution >= 0.6 is 15.9 Å². The maximum absolute atomic E-state index is 13.7. The van der Waals surface area contributed by atoms with Gasteiger partial charge >= 0.3 is 18.3 Å². The molecule has 2 rings (SSSR count). The van der Waals surface area contributed by atoms with Gasteiger partial charge in [0, 0.05) is 25.0 Å². The predicted octanol–water partition coefficient (Wildman–Crippen LogP) is 6.81. The number of carboxylic acid groups (broad SMARTS) is 1. The van der Waals surface area contributed by atoms with Crippen LogP contribution in [0.1, 0.15) is 25.8 Å². The number of carboxylic acids is 1. The van der Waals surface area contributed by atoms with Crippen LogP contribution < -0.4 is 4.74 Å². The van der Waals surface area contributed by atoms with Crippen LogP contribution in [0.4, 0.5) is 26.3 Å². The molecular formula is C25H23BrF6O4. The Kier molecular flexibility index (Phi) is 9.85. The lowest BCUT2D eigenvalue weighted by atomic mass is 9.77. The Balaban J connectivity index is 2.10. The molecule has 4 nitrogen and oxygen atoms in total. The first kappa shape index (κ1) is 29.5. The van der Waals surface area contributed by atoms with E-state index >= 15 is 0 Å². The van der Waals surface area contributed by atoms with Gasteiger partial charge in [0.05, 0.1) is 4.47 Å². The fourth-order valence-corrected chi connectivity index (χ4v) is 3.77. The summed E-state index contributed by atoms with van der Waals surface area (Å²) in [5.41, 5.74) is -3.39. The second-order valence-electron chi connectivity index (χ2n) is 7.89. The Morgan fingerprint density at radius 2 is 1.97 bits per heavy atom. The summed E-state index contributed by atoms with van der Waals surface area (Å²) in [7, 11) is 0. The predicted molar refractivity (Wildman–Crippen MR) is 124 cm³/mol. The van der Waals surface area contributed by atoms with E-state index in [2.05, 4.69) is 21.9 Å². The average Bonchev–Trinajstić information content (AvgIpc) is 2.77. The summed E-state index contributed by atoms with van der Waals surface area (Å²) in [6.45, 7) is 3.28. The maximum Gasteiger partial charge on any atom is 0.412 e. The topological polar surface area (TPSA) is 55.8 Å². The number of rotatable bonds is 8. The Labute approximate surface area is 212 Å². The number of aliphatic carboxylic acids is 1. The second kappa shape index (κ2) is 12.0. The van der Waals surface area contributed by atoms with E-state index in [1.54, 1.807) is 25.1 Å². The highest BCUT2D eigenvalue weighted by Crippen LogP contribution is 2.48. The van der Waals surface area contributed by atoms with Gasteiger partial charge < -0.3 is 14.6 Å². The first-order valence-electron chi connectivity index (χ1n) is 10.7. The zero-order chi connectivity index (χ0) is 27.1. The van der Waals surface area contributed by atoms with Gasteiger partial charge in [0.15, 0.2) is 6.10 Å². The maximum atomic E-state index is 13.7. The minimum absolute atomic E-state index is 0.0717. The molecule has 0 spiro atoms. The molecule has 1 aromatic rings. The Morgan fingerprint density at radius 1 is 1.28 bits per heavy atom. The first-order chi connectivity index (χ1) is 16.7. The lowest BCUT2D eigenvalue weighted by Crippen LogP contribution is -2.38. The van der Waals surface area contributed by atoms with Crippen molar-refractivity contribution < 1.29 is 45.7 Å². The molecule has 1 aliphatic rings. The van der Waals surface area contributed by atoms with Crippen molar-refractivity contribution in [3.63, 3.8) is 0 Å². The van der Waals surface area contributed by atoms with Crippen molar-refractivity contribution in [3.05, 3.63) is 63.7 Å². The van der Waals surface area contributed by atoms with Crippen LogP contribution in [0.15, 0.2) is 58.1 Å². The van der Waals surface area contributed by atoms with Gasteiger partial charge in [-0.3, -0.25) is 0 Å². The molecular weight excluding hydrogens is 558 g/mol. The minimum Gasteiger partial charge on any atom is -0.488 e. The third kappa shape index (κ3) is 7.90. The van der Waals surface area contributed by atoms with Crippen LogP contribution in [0.25, 0.3) is 0 Å². The molecule has 1 aliphatic carbocycles. The molecule has 36 heavy (non-hydrogen) atoms. The number of carbonyl (C=O) groups is 1. The van der Waals surface area contributed by atoms with Crippen molar-refractivity contribution in [3.8, 4) is 17.6 Å². The minimum atomic E-state index is -5.01. The van der Waals surface area contributed by atoms with Crippen LogP contribution in [-0.4, -0.2) is 42.7 Å². The quantitative estimate of drug-likeness (QED) is 0.271. The van der Waals surface area contributed by atoms with Gasteiger partial charge in [-0.15, -0.1) is 0 Å². The van der Waals surface area contributed by atoms with Crippen molar-refractivity contribution in [1.82, 2.24) is 0 Å². The first-order valence-corrected chi connectivity index (χ1v) is 11.5.